The van der Waals surface area contributed by atoms with Gasteiger partial charge in [0.15, 0.2) is 11.6 Å². The van der Waals surface area contributed by atoms with Gasteiger partial charge in [0.1, 0.15) is 11.4 Å². The maximum absolute atomic E-state index is 13.3. The third-order valence-electron chi connectivity index (χ3n) is 5.88. The molecule has 4 heteroatoms. The van der Waals surface area contributed by atoms with Crippen LogP contribution in [0.15, 0.2) is 66.0 Å². The lowest BCUT2D eigenvalue weighted by Crippen LogP contribution is -2.66. The molecule has 0 heterocycles. The zero-order valence-electron chi connectivity index (χ0n) is 15.3. The lowest BCUT2D eigenvalue weighted by molar-refractivity contribution is -0.170. The number of fused-ring (bicyclic) bond motifs is 3. The molecular formula is C22H24O4. The lowest BCUT2D eigenvalue weighted by Gasteiger charge is -2.55. The average Bonchev–Trinajstić information content (AvgIpc) is 2.62. The van der Waals surface area contributed by atoms with Crippen molar-refractivity contribution in [1.29, 1.82) is 0 Å². The lowest BCUT2D eigenvalue weighted by atomic mass is 9.46. The Hall–Kier alpha value is -2.46. The minimum absolute atomic E-state index is 0.157. The number of hydrogen-bond donors (Lipinski definition) is 2. The fraction of sp³-hybridized carbons (Fsp3) is 0.364. The molecule has 136 valence electrons. The largest absolute Gasteiger partial charge is 0.508 e. The Morgan fingerprint density at radius 1 is 1.12 bits per heavy atom. The molecule has 4 rings (SSSR count). The fourth-order valence-electron chi connectivity index (χ4n) is 4.44. The van der Waals surface area contributed by atoms with Crippen LogP contribution in [0, 0.1) is 11.3 Å². The number of rotatable bonds is 3. The summed E-state index contributed by atoms with van der Waals surface area (Å²) in [5, 5.41) is 21.4. The summed E-state index contributed by atoms with van der Waals surface area (Å²) < 4.78 is 0. The summed E-state index contributed by atoms with van der Waals surface area (Å²) >= 11 is 0. The molecule has 3 fully saturated rings. The quantitative estimate of drug-likeness (QED) is 0.377. The Labute approximate surface area is 153 Å². The molecule has 0 amide bonds. The first kappa shape index (κ1) is 18.3. The molecule has 1 aromatic rings. The molecule has 1 aromatic carbocycles. The van der Waals surface area contributed by atoms with Crippen LogP contribution in [0.3, 0.4) is 0 Å². The van der Waals surface area contributed by atoms with Crippen molar-refractivity contribution in [3.8, 4) is 0 Å². The van der Waals surface area contributed by atoms with Crippen molar-refractivity contribution >= 4 is 11.6 Å². The smallest absolute Gasteiger partial charge is 0.178 e. The Balaban J connectivity index is 2.16. The van der Waals surface area contributed by atoms with Crippen molar-refractivity contribution in [2.24, 2.45) is 11.3 Å². The fourth-order valence-corrected chi connectivity index (χ4v) is 4.44. The molecule has 2 N–H and O–H groups in total. The van der Waals surface area contributed by atoms with E-state index in [9.17, 15) is 19.8 Å². The van der Waals surface area contributed by atoms with E-state index in [1.54, 1.807) is 25.2 Å². The van der Waals surface area contributed by atoms with Gasteiger partial charge in [-0.2, -0.15) is 0 Å². The first-order valence-electron chi connectivity index (χ1n) is 8.85. The molecule has 2 bridgehead atoms. The average molecular weight is 352 g/mol. The summed E-state index contributed by atoms with van der Waals surface area (Å²) in [6, 6.07) is 9.45. The van der Waals surface area contributed by atoms with Crippen LogP contribution in [0.4, 0.5) is 0 Å². The number of hydrogen-bond acceptors (Lipinski definition) is 4. The highest BCUT2D eigenvalue weighted by atomic mass is 16.3. The highest BCUT2D eigenvalue weighted by molar-refractivity contribution is 6.21. The van der Waals surface area contributed by atoms with Crippen molar-refractivity contribution in [3.63, 3.8) is 0 Å². The van der Waals surface area contributed by atoms with E-state index in [2.05, 4.69) is 0 Å². The molecule has 4 nitrogen and oxygen atoms in total. The molecule has 0 unspecified atom stereocenters. The van der Waals surface area contributed by atoms with Crippen molar-refractivity contribution in [1.82, 2.24) is 0 Å². The molecule has 4 atom stereocenters. The number of carbonyl (C=O) groups excluding carboxylic acids is 2. The van der Waals surface area contributed by atoms with Gasteiger partial charge in [0.05, 0.1) is 5.41 Å². The minimum Gasteiger partial charge on any atom is -0.508 e. The van der Waals surface area contributed by atoms with Gasteiger partial charge in [0.2, 0.25) is 0 Å². The summed E-state index contributed by atoms with van der Waals surface area (Å²) in [5.41, 5.74) is -2.01. The van der Waals surface area contributed by atoms with Crippen molar-refractivity contribution in [2.75, 3.05) is 0 Å². The number of Topliss-reactive ketones (excluding diaryl/α,β-unsaturated/α-hetero) is 2. The van der Waals surface area contributed by atoms with Crippen LogP contribution in [0.25, 0.3) is 0 Å². The predicted molar refractivity (Wildman–Crippen MR) is 99.6 cm³/mol. The molecule has 0 aliphatic heterocycles. The van der Waals surface area contributed by atoms with Gasteiger partial charge in [0.25, 0.3) is 0 Å². The summed E-state index contributed by atoms with van der Waals surface area (Å²) in [7, 11) is 0. The number of benzene rings is 1. The molecule has 0 spiro atoms. The first-order valence-corrected chi connectivity index (χ1v) is 8.85. The van der Waals surface area contributed by atoms with Crippen LogP contribution in [-0.2, 0) is 9.59 Å². The van der Waals surface area contributed by atoms with E-state index in [1.807, 2.05) is 37.3 Å². The standard InChI is InChI=1S/C22H24O4/c1-4-5-7-12-17(23)18-16-13-15(14-10-8-6-9-11-14)21(2,19(18)24)20(25)22(16,3)26/h4-12,15-16,23,26H,13H2,1-3H3/b5-4+,12-7+,18-17-/t15-,16-,21+,22+/m0/s1. The zero-order chi connectivity index (χ0) is 19.1. The van der Waals surface area contributed by atoms with Gasteiger partial charge >= 0.3 is 0 Å². The highest BCUT2D eigenvalue weighted by Gasteiger charge is 2.68. The second kappa shape index (κ2) is 6.36. The number of aliphatic hydroxyl groups is 2. The third-order valence-corrected chi connectivity index (χ3v) is 5.88. The Morgan fingerprint density at radius 2 is 1.77 bits per heavy atom. The SMILES string of the molecule is C/C=C/C=C/C(O)=C1/C(=O)[C@]2(C)C(=O)[C@](C)(O)[C@H]1C[C@H]2c1ccccc1. The number of allylic oxidation sites excluding steroid dienone is 4. The van der Waals surface area contributed by atoms with E-state index in [1.165, 1.54) is 13.0 Å². The van der Waals surface area contributed by atoms with Crippen LogP contribution >= 0.6 is 0 Å². The van der Waals surface area contributed by atoms with E-state index < -0.39 is 22.7 Å². The molecule has 3 aliphatic rings. The van der Waals surface area contributed by atoms with Gasteiger partial charge in [-0.15, -0.1) is 0 Å². The van der Waals surface area contributed by atoms with Crippen molar-refractivity contribution in [3.05, 3.63) is 71.5 Å². The molecule has 3 saturated carbocycles. The topological polar surface area (TPSA) is 74.6 Å². The van der Waals surface area contributed by atoms with Crippen molar-refractivity contribution < 1.29 is 19.8 Å². The molecule has 3 aliphatic carbocycles. The summed E-state index contributed by atoms with van der Waals surface area (Å²) in [6.07, 6.45) is 7.04. The van der Waals surface area contributed by atoms with Gasteiger partial charge in [0, 0.05) is 17.4 Å². The highest BCUT2D eigenvalue weighted by Crippen LogP contribution is 2.59. The molecular weight excluding hydrogens is 328 g/mol. The zero-order valence-corrected chi connectivity index (χ0v) is 15.3. The van der Waals surface area contributed by atoms with Crippen molar-refractivity contribution in [2.45, 2.75) is 38.7 Å². The van der Waals surface area contributed by atoms with E-state index in [0.29, 0.717) is 6.42 Å². The second-order valence-corrected chi connectivity index (χ2v) is 7.44. The van der Waals surface area contributed by atoms with Crippen LogP contribution in [0.2, 0.25) is 0 Å². The maximum atomic E-state index is 13.3. The molecule has 0 radical (unpaired) electrons. The Kier molecular flexibility index (Phi) is 4.49. The van der Waals surface area contributed by atoms with Crippen LogP contribution in [0.5, 0.6) is 0 Å². The van der Waals surface area contributed by atoms with Gasteiger partial charge in [-0.3, -0.25) is 9.59 Å². The number of aliphatic hydroxyl groups excluding tert-OH is 1. The predicted octanol–water partition coefficient (Wildman–Crippen LogP) is 3.64. The summed E-state index contributed by atoms with van der Waals surface area (Å²) in [6.45, 7) is 4.90. The summed E-state index contributed by atoms with van der Waals surface area (Å²) in [5.74, 6) is -2.07. The van der Waals surface area contributed by atoms with Gasteiger partial charge < -0.3 is 10.2 Å². The number of carbonyl (C=O) groups is 2. The van der Waals surface area contributed by atoms with Gasteiger partial charge in [-0.1, -0.05) is 48.6 Å². The van der Waals surface area contributed by atoms with Gasteiger partial charge in [-0.05, 0) is 38.8 Å². The van der Waals surface area contributed by atoms with E-state index in [0.717, 1.165) is 5.56 Å². The van der Waals surface area contributed by atoms with Crippen LogP contribution in [-0.4, -0.2) is 27.4 Å². The normalized spacial score (nSPS) is 36.3. The third kappa shape index (κ3) is 2.48. The van der Waals surface area contributed by atoms with E-state index >= 15 is 0 Å². The summed E-state index contributed by atoms with van der Waals surface area (Å²) in [4.78, 5) is 26.3. The van der Waals surface area contributed by atoms with E-state index in [4.69, 9.17) is 0 Å². The molecule has 0 saturated heterocycles. The van der Waals surface area contributed by atoms with Crippen LogP contribution in [0.1, 0.15) is 38.7 Å². The van der Waals surface area contributed by atoms with Crippen LogP contribution < -0.4 is 0 Å². The second-order valence-electron chi connectivity index (χ2n) is 7.44. The number of ketones is 2. The monoisotopic (exact) mass is 352 g/mol. The maximum Gasteiger partial charge on any atom is 0.178 e. The van der Waals surface area contributed by atoms with Gasteiger partial charge in [-0.25, -0.2) is 0 Å². The minimum atomic E-state index is -1.67. The van der Waals surface area contributed by atoms with E-state index in [-0.39, 0.29) is 23.0 Å². The Morgan fingerprint density at radius 3 is 2.38 bits per heavy atom. The first-order chi connectivity index (χ1) is 12.3. The molecule has 26 heavy (non-hydrogen) atoms. The Bertz CT molecular complexity index is 829. The molecule has 0 aromatic heterocycles.